The van der Waals surface area contributed by atoms with Crippen LogP contribution in [0, 0.1) is 0 Å². The van der Waals surface area contributed by atoms with Crippen LogP contribution in [0.15, 0.2) is 30.9 Å². The van der Waals surface area contributed by atoms with E-state index in [2.05, 4.69) is 11.9 Å². The van der Waals surface area contributed by atoms with Crippen molar-refractivity contribution in [3.05, 3.63) is 42.0 Å². The Morgan fingerprint density at radius 2 is 2.26 bits per heavy atom. The third-order valence-electron chi connectivity index (χ3n) is 2.92. The van der Waals surface area contributed by atoms with Crippen LogP contribution in [0.1, 0.15) is 41.0 Å². The van der Waals surface area contributed by atoms with Gasteiger partial charge in [-0.15, -0.1) is 6.58 Å². The van der Waals surface area contributed by atoms with E-state index in [0.717, 1.165) is 0 Å². The highest BCUT2D eigenvalue weighted by Gasteiger charge is 2.32. The quantitative estimate of drug-likeness (QED) is 0.848. The molecule has 0 aliphatic carbocycles. The molecule has 1 aliphatic rings. The maximum Gasteiger partial charge on any atom is 0.251 e. The van der Waals surface area contributed by atoms with Gasteiger partial charge in [0.2, 0.25) is 0 Å². The van der Waals surface area contributed by atoms with Crippen molar-refractivity contribution >= 4 is 11.7 Å². The van der Waals surface area contributed by atoms with E-state index in [9.17, 15) is 9.59 Å². The van der Waals surface area contributed by atoms with Crippen LogP contribution >= 0.6 is 0 Å². The smallest absolute Gasteiger partial charge is 0.251 e. The maximum absolute atomic E-state index is 12.1. The summed E-state index contributed by atoms with van der Waals surface area (Å²) in [5.41, 5.74) is 0.444. The van der Waals surface area contributed by atoms with Gasteiger partial charge in [0.1, 0.15) is 11.4 Å². The third kappa shape index (κ3) is 2.84. The number of carbonyl (C=O) groups excluding carboxylic acids is 2. The van der Waals surface area contributed by atoms with Crippen LogP contribution in [0.3, 0.4) is 0 Å². The van der Waals surface area contributed by atoms with E-state index in [1.807, 2.05) is 13.8 Å². The summed E-state index contributed by atoms with van der Waals surface area (Å²) in [6.07, 6.45) is 1.92. The molecule has 1 aromatic rings. The summed E-state index contributed by atoms with van der Waals surface area (Å²) >= 11 is 0. The van der Waals surface area contributed by atoms with E-state index in [1.165, 1.54) is 0 Å². The normalized spacial score (nSPS) is 16.2. The maximum atomic E-state index is 12.1. The molecule has 1 aromatic carbocycles. The molecule has 0 bridgehead atoms. The highest BCUT2D eigenvalue weighted by atomic mass is 16.5. The zero-order valence-corrected chi connectivity index (χ0v) is 11.2. The van der Waals surface area contributed by atoms with Crippen LogP contribution in [0.5, 0.6) is 5.75 Å². The number of Topliss-reactive ketones (excluding diaryl/α,β-unsaturated/α-hetero) is 1. The van der Waals surface area contributed by atoms with E-state index >= 15 is 0 Å². The van der Waals surface area contributed by atoms with Crippen molar-refractivity contribution in [2.75, 3.05) is 6.54 Å². The number of ketones is 1. The minimum atomic E-state index is -0.489. The molecule has 4 heteroatoms. The first-order chi connectivity index (χ1) is 8.93. The SMILES string of the molecule is C=CCNC(=O)c1ccc2c(c1)C(=O)CC(C)(C)O2. The van der Waals surface area contributed by atoms with Crippen LogP contribution in [0.4, 0.5) is 0 Å². The molecule has 0 spiro atoms. The molecule has 1 N–H and O–H groups in total. The molecule has 4 nitrogen and oxygen atoms in total. The van der Waals surface area contributed by atoms with E-state index in [0.29, 0.717) is 29.8 Å². The largest absolute Gasteiger partial charge is 0.487 e. The second-order valence-electron chi connectivity index (χ2n) is 5.17. The molecule has 1 heterocycles. The number of fused-ring (bicyclic) bond motifs is 1. The Morgan fingerprint density at radius 1 is 1.53 bits per heavy atom. The molecular formula is C15H17NO3. The van der Waals surface area contributed by atoms with Crippen molar-refractivity contribution in [1.82, 2.24) is 5.32 Å². The Hall–Kier alpha value is -2.10. The van der Waals surface area contributed by atoms with E-state index < -0.39 is 5.60 Å². The summed E-state index contributed by atoms with van der Waals surface area (Å²) in [6, 6.07) is 4.92. The van der Waals surface area contributed by atoms with Crippen molar-refractivity contribution in [3.63, 3.8) is 0 Å². The number of hydrogen-bond donors (Lipinski definition) is 1. The molecule has 100 valence electrons. The van der Waals surface area contributed by atoms with Gasteiger partial charge in [0.05, 0.1) is 12.0 Å². The monoisotopic (exact) mass is 259 g/mol. The molecule has 0 atom stereocenters. The van der Waals surface area contributed by atoms with Crippen molar-refractivity contribution in [1.29, 1.82) is 0 Å². The van der Waals surface area contributed by atoms with Gasteiger partial charge in [0.15, 0.2) is 5.78 Å². The second kappa shape index (κ2) is 4.88. The van der Waals surface area contributed by atoms with Gasteiger partial charge in [-0.3, -0.25) is 9.59 Å². The number of hydrogen-bond acceptors (Lipinski definition) is 3. The average Bonchev–Trinajstić information content (AvgIpc) is 2.34. The van der Waals surface area contributed by atoms with E-state index in [1.54, 1.807) is 24.3 Å². The molecule has 0 fully saturated rings. The van der Waals surface area contributed by atoms with Gasteiger partial charge in [-0.05, 0) is 32.0 Å². The summed E-state index contributed by atoms with van der Waals surface area (Å²) in [5, 5.41) is 2.68. The number of benzene rings is 1. The van der Waals surface area contributed by atoms with Crippen LogP contribution < -0.4 is 10.1 Å². The topological polar surface area (TPSA) is 55.4 Å². The number of rotatable bonds is 3. The molecular weight excluding hydrogens is 242 g/mol. The van der Waals surface area contributed by atoms with Gasteiger partial charge >= 0.3 is 0 Å². The zero-order chi connectivity index (χ0) is 14.0. The standard InChI is InChI=1S/C15H17NO3/c1-4-7-16-14(18)10-5-6-13-11(8-10)12(17)9-15(2,3)19-13/h4-6,8H,1,7,9H2,2-3H3,(H,16,18). The van der Waals surface area contributed by atoms with Crippen LogP contribution in [-0.4, -0.2) is 23.8 Å². The zero-order valence-electron chi connectivity index (χ0n) is 11.2. The van der Waals surface area contributed by atoms with E-state index in [-0.39, 0.29) is 11.7 Å². The first-order valence-electron chi connectivity index (χ1n) is 6.18. The lowest BCUT2D eigenvalue weighted by Gasteiger charge is -2.31. The molecule has 2 rings (SSSR count). The van der Waals surface area contributed by atoms with Gasteiger partial charge < -0.3 is 10.1 Å². The Kier molecular flexibility index (Phi) is 3.42. The molecule has 1 amide bonds. The minimum Gasteiger partial charge on any atom is -0.487 e. The highest BCUT2D eigenvalue weighted by molar-refractivity contribution is 6.03. The van der Waals surface area contributed by atoms with Crippen molar-refractivity contribution in [3.8, 4) is 5.75 Å². The summed E-state index contributed by atoms with van der Waals surface area (Å²) in [4.78, 5) is 23.9. The highest BCUT2D eigenvalue weighted by Crippen LogP contribution is 2.33. The number of nitrogens with one attached hydrogen (secondary N) is 1. The number of carbonyl (C=O) groups is 2. The van der Waals surface area contributed by atoms with Crippen molar-refractivity contribution in [2.45, 2.75) is 25.9 Å². The van der Waals surface area contributed by atoms with Crippen molar-refractivity contribution in [2.24, 2.45) is 0 Å². The lowest BCUT2D eigenvalue weighted by Crippen LogP contribution is -2.36. The first kappa shape index (κ1) is 13.3. The Labute approximate surface area is 112 Å². The van der Waals surface area contributed by atoms with Gasteiger partial charge in [-0.2, -0.15) is 0 Å². The Bertz CT molecular complexity index is 546. The van der Waals surface area contributed by atoms with Crippen LogP contribution in [-0.2, 0) is 0 Å². The molecule has 0 aromatic heterocycles. The lowest BCUT2D eigenvalue weighted by atomic mass is 9.92. The predicted octanol–water partition coefficient (Wildman–Crippen LogP) is 2.35. The molecule has 0 saturated carbocycles. The van der Waals surface area contributed by atoms with Crippen LogP contribution in [0.2, 0.25) is 0 Å². The molecule has 19 heavy (non-hydrogen) atoms. The fourth-order valence-electron chi connectivity index (χ4n) is 2.06. The van der Waals surface area contributed by atoms with Crippen molar-refractivity contribution < 1.29 is 14.3 Å². The molecule has 0 saturated heterocycles. The summed E-state index contributed by atoms with van der Waals surface area (Å²) in [6.45, 7) is 7.68. The fourth-order valence-corrected chi connectivity index (χ4v) is 2.06. The third-order valence-corrected chi connectivity index (χ3v) is 2.92. The summed E-state index contributed by atoms with van der Waals surface area (Å²) in [7, 11) is 0. The first-order valence-corrected chi connectivity index (χ1v) is 6.18. The molecule has 0 radical (unpaired) electrons. The van der Waals surface area contributed by atoms with Gasteiger partial charge in [-0.25, -0.2) is 0 Å². The number of ether oxygens (including phenoxy) is 1. The van der Waals surface area contributed by atoms with E-state index in [4.69, 9.17) is 4.74 Å². The van der Waals surface area contributed by atoms with Gasteiger partial charge in [0, 0.05) is 12.1 Å². The predicted molar refractivity (Wildman–Crippen MR) is 72.6 cm³/mol. The van der Waals surface area contributed by atoms with Gasteiger partial charge in [-0.1, -0.05) is 6.08 Å². The molecule has 1 aliphatic heterocycles. The Morgan fingerprint density at radius 3 is 2.95 bits per heavy atom. The second-order valence-corrected chi connectivity index (χ2v) is 5.17. The summed E-state index contributed by atoms with van der Waals surface area (Å²) < 4.78 is 5.74. The Balaban J connectivity index is 2.29. The van der Waals surface area contributed by atoms with Crippen LogP contribution in [0.25, 0.3) is 0 Å². The number of amides is 1. The average molecular weight is 259 g/mol. The summed E-state index contributed by atoms with van der Waals surface area (Å²) in [5.74, 6) is 0.325. The van der Waals surface area contributed by atoms with Gasteiger partial charge in [0.25, 0.3) is 5.91 Å². The fraction of sp³-hybridized carbons (Fsp3) is 0.333. The molecule has 0 unspecified atom stereocenters. The lowest BCUT2D eigenvalue weighted by molar-refractivity contribution is 0.0620. The minimum absolute atomic E-state index is 0.00428.